The maximum Gasteiger partial charge on any atom is 0.411 e. The molecular formula is C14H19NO3. The van der Waals surface area contributed by atoms with E-state index in [1.54, 1.807) is 19.9 Å². The van der Waals surface area contributed by atoms with Gasteiger partial charge in [-0.3, -0.25) is 10.1 Å². The molecule has 3 atom stereocenters. The van der Waals surface area contributed by atoms with Gasteiger partial charge in [0, 0.05) is 6.20 Å². The van der Waals surface area contributed by atoms with Crippen LogP contribution in [0.5, 0.6) is 0 Å². The van der Waals surface area contributed by atoms with E-state index in [1.165, 1.54) is 6.20 Å². The third-order valence-corrected chi connectivity index (χ3v) is 4.04. The number of rotatable bonds is 4. The van der Waals surface area contributed by atoms with Gasteiger partial charge in [-0.05, 0) is 38.5 Å². The van der Waals surface area contributed by atoms with Gasteiger partial charge in [0.25, 0.3) is 0 Å². The van der Waals surface area contributed by atoms with E-state index in [9.17, 15) is 9.59 Å². The highest BCUT2D eigenvalue weighted by atomic mass is 16.5. The molecule has 18 heavy (non-hydrogen) atoms. The van der Waals surface area contributed by atoms with Crippen molar-refractivity contribution in [2.24, 2.45) is 17.3 Å². The van der Waals surface area contributed by atoms with Gasteiger partial charge in [0.1, 0.15) is 12.4 Å². The highest BCUT2D eigenvalue weighted by Crippen LogP contribution is 2.52. The molecule has 4 heteroatoms. The Hall–Kier alpha value is -1.58. The van der Waals surface area contributed by atoms with Gasteiger partial charge in [-0.15, -0.1) is 0 Å². The lowest BCUT2D eigenvalue weighted by Crippen LogP contribution is -2.40. The first kappa shape index (κ1) is 12.9. The Morgan fingerprint density at radius 3 is 2.78 bits per heavy atom. The molecule has 3 unspecified atom stereocenters. The molecule has 0 aliphatic heterocycles. The van der Waals surface area contributed by atoms with E-state index < -0.39 is 11.5 Å². The van der Waals surface area contributed by atoms with Crippen molar-refractivity contribution >= 4 is 11.9 Å². The summed E-state index contributed by atoms with van der Waals surface area (Å²) in [6.45, 7) is 3.58. The molecule has 2 aliphatic carbocycles. The Labute approximate surface area is 107 Å². The fourth-order valence-electron chi connectivity index (χ4n) is 3.01. The van der Waals surface area contributed by atoms with Crippen LogP contribution in [0.1, 0.15) is 26.7 Å². The number of Topliss-reactive ketones (excluding diaryl/α,β-unsaturated/α-hetero) is 1. The van der Waals surface area contributed by atoms with Crippen LogP contribution in [-0.2, 0) is 9.53 Å². The van der Waals surface area contributed by atoms with Gasteiger partial charge in [0.15, 0.2) is 0 Å². The van der Waals surface area contributed by atoms with Crippen LogP contribution in [0, 0.1) is 17.3 Å². The Morgan fingerprint density at radius 2 is 2.28 bits per heavy atom. The fourth-order valence-corrected chi connectivity index (χ4v) is 3.01. The predicted molar refractivity (Wildman–Crippen MR) is 67.8 cm³/mol. The number of nitrogens with one attached hydrogen (secondary N) is 1. The van der Waals surface area contributed by atoms with Crippen LogP contribution in [0.2, 0.25) is 0 Å². The summed E-state index contributed by atoms with van der Waals surface area (Å²) in [5, 5.41) is 2.49. The van der Waals surface area contributed by atoms with Gasteiger partial charge in [0.2, 0.25) is 0 Å². The number of alkyl carbamates (subject to hydrolysis) is 1. The Bertz CT molecular complexity index is 413. The zero-order valence-electron chi connectivity index (χ0n) is 10.8. The van der Waals surface area contributed by atoms with Crippen molar-refractivity contribution < 1.29 is 14.3 Å². The lowest BCUT2D eigenvalue weighted by atomic mass is 9.73. The number of carbonyl (C=O) groups is 2. The molecule has 4 nitrogen and oxygen atoms in total. The maximum atomic E-state index is 11.9. The molecule has 2 aliphatic rings. The molecule has 1 fully saturated rings. The van der Waals surface area contributed by atoms with Gasteiger partial charge in [0.05, 0.1) is 5.41 Å². The van der Waals surface area contributed by atoms with Gasteiger partial charge >= 0.3 is 6.09 Å². The zero-order valence-corrected chi connectivity index (χ0v) is 10.8. The molecule has 2 rings (SSSR count). The Morgan fingerprint density at radius 1 is 1.50 bits per heavy atom. The summed E-state index contributed by atoms with van der Waals surface area (Å²) < 4.78 is 5.19. The van der Waals surface area contributed by atoms with Gasteiger partial charge in [-0.2, -0.15) is 0 Å². The summed E-state index contributed by atoms with van der Waals surface area (Å²) >= 11 is 0. The van der Waals surface area contributed by atoms with Crippen LogP contribution >= 0.6 is 0 Å². The minimum absolute atomic E-state index is 0.123. The van der Waals surface area contributed by atoms with Crippen molar-refractivity contribution in [2.45, 2.75) is 26.7 Å². The van der Waals surface area contributed by atoms with E-state index in [1.807, 2.05) is 0 Å². The van der Waals surface area contributed by atoms with Gasteiger partial charge in [-0.1, -0.05) is 18.2 Å². The fraction of sp³-hybridized carbons (Fsp3) is 0.571. The minimum Gasteiger partial charge on any atom is -0.448 e. The third kappa shape index (κ3) is 2.19. The smallest absolute Gasteiger partial charge is 0.411 e. The minimum atomic E-state index is -0.500. The first-order chi connectivity index (χ1) is 8.58. The maximum absolute atomic E-state index is 11.9. The van der Waals surface area contributed by atoms with Crippen molar-refractivity contribution in [3.05, 3.63) is 24.4 Å². The van der Waals surface area contributed by atoms with Crippen molar-refractivity contribution in [3.63, 3.8) is 0 Å². The monoisotopic (exact) mass is 249 g/mol. The van der Waals surface area contributed by atoms with E-state index in [4.69, 9.17) is 4.74 Å². The second-order valence-electron chi connectivity index (χ2n) is 5.12. The molecule has 0 spiro atoms. The average Bonchev–Trinajstić information content (AvgIpc) is 2.94. The number of ether oxygens (including phenoxy) is 1. The van der Waals surface area contributed by atoms with Crippen LogP contribution in [-0.4, -0.2) is 18.5 Å². The lowest BCUT2D eigenvalue weighted by molar-refractivity contribution is -0.130. The first-order valence-corrected chi connectivity index (χ1v) is 6.32. The number of hydrogen-bond acceptors (Lipinski definition) is 3. The van der Waals surface area contributed by atoms with Crippen LogP contribution in [0.4, 0.5) is 4.79 Å². The van der Waals surface area contributed by atoms with Crippen molar-refractivity contribution in [2.75, 3.05) is 6.61 Å². The number of ketones is 1. The second kappa shape index (κ2) is 4.96. The molecular weight excluding hydrogens is 230 g/mol. The summed E-state index contributed by atoms with van der Waals surface area (Å²) in [7, 11) is 0. The molecule has 1 saturated carbocycles. The normalized spacial score (nSPS) is 33.0. The largest absolute Gasteiger partial charge is 0.448 e. The molecule has 0 saturated heterocycles. The summed E-state index contributed by atoms with van der Waals surface area (Å²) in [5.74, 6) is 0.828. The molecule has 98 valence electrons. The summed E-state index contributed by atoms with van der Waals surface area (Å²) in [6.07, 6.45) is 8.82. The van der Waals surface area contributed by atoms with E-state index in [2.05, 4.69) is 17.5 Å². The van der Waals surface area contributed by atoms with Crippen molar-refractivity contribution in [1.82, 2.24) is 5.32 Å². The van der Waals surface area contributed by atoms with Crippen molar-refractivity contribution in [3.8, 4) is 0 Å². The number of allylic oxidation sites excluding steroid dienone is 3. The molecule has 1 N–H and O–H groups in total. The quantitative estimate of drug-likeness (QED) is 0.778. The van der Waals surface area contributed by atoms with Gasteiger partial charge in [-0.25, -0.2) is 4.79 Å². The summed E-state index contributed by atoms with van der Waals surface area (Å²) in [5.41, 5.74) is -0.493. The van der Waals surface area contributed by atoms with E-state index in [0.717, 1.165) is 12.8 Å². The number of carbonyl (C=O) groups excluding carboxylic acids is 2. The Balaban J connectivity index is 1.99. The van der Waals surface area contributed by atoms with Crippen molar-refractivity contribution in [1.29, 1.82) is 0 Å². The lowest BCUT2D eigenvalue weighted by Gasteiger charge is -2.32. The molecule has 0 heterocycles. The highest BCUT2D eigenvalue weighted by molar-refractivity contribution is 5.84. The topological polar surface area (TPSA) is 55.4 Å². The highest BCUT2D eigenvalue weighted by Gasteiger charge is 2.52. The second-order valence-corrected chi connectivity index (χ2v) is 5.12. The number of amides is 1. The zero-order chi connectivity index (χ0) is 13.2. The number of hydrogen-bond donors (Lipinski definition) is 1. The SMILES string of the molecule is C/C=C\NC(=O)OCC1(C(C)=O)CC2C=CC1C2. The molecule has 2 bridgehead atoms. The average molecular weight is 249 g/mol. The predicted octanol–water partition coefficient (Wildman–Crippen LogP) is 2.42. The molecule has 1 amide bonds. The first-order valence-electron chi connectivity index (χ1n) is 6.32. The van der Waals surface area contributed by atoms with Crippen LogP contribution in [0.3, 0.4) is 0 Å². The van der Waals surface area contributed by atoms with Crippen LogP contribution in [0.25, 0.3) is 0 Å². The standard InChI is InChI=1S/C14H19NO3/c1-3-6-15-13(17)18-9-14(10(2)16)8-11-4-5-12(14)7-11/h3-6,11-12H,7-9H2,1-2H3,(H,15,17)/b6-3-. The molecule has 0 aromatic rings. The Kier molecular flexibility index (Phi) is 3.55. The third-order valence-electron chi connectivity index (χ3n) is 4.04. The van der Waals surface area contributed by atoms with Crippen LogP contribution < -0.4 is 5.32 Å². The molecule has 0 aromatic heterocycles. The van der Waals surface area contributed by atoms with E-state index in [-0.39, 0.29) is 18.3 Å². The molecule has 0 aromatic carbocycles. The molecule has 0 radical (unpaired) electrons. The van der Waals surface area contributed by atoms with E-state index in [0.29, 0.717) is 5.92 Å². The van der Waals surface area contributed by atoms with Crippen LogP contribution in [0.15, 0.2) is 24.4 Å². The summed E-state index contributed by atoms with van der Waals surface area (Å²) in [6, 6.07) is 0. The summed E-state index contributed by atoms with van der Waals surface area (Å²) in [4.78, 5) is 23.3. The van der Waals surface area contributed by atoms with E-state index >= 15 is 0 Å². The number of fused-ring (bicyclic) bond motifs is 2. The van der Waals surface area contributed by atoms with Gasteiger partial charge < -0.3 is 4.74 Å².